The van der Waals surface area contributed by atoms with E-state index in [0.717, 1.165) is 36.2 Å². The summed E-state index contributed by atoms with van der Waals surface area (Å²) in [5, 5.41) is 14.6. The van der Waals surface area contributed by atoms with Crippen molar-refractivity contribution >= 4 is 28.3 Å². The van der Waals surface area contributed by atoms with Crippen molar-refractivity contribution in [2.24, 2.45) is 5.92 Å². The molecule has 0 saturated carbocycles. The lowest BCUT2D eigenvalue weighted by molar-refractivity contribution is -0.384. The van der Waals surface area contributed by atoms with Gasteiger partial charge in [-0.15, -0.1) is 0 Å². The van der Waals surface area contributed by atoms with Crippen molar-refractivity contribution in [3.8, 4) is 0 Å². The lowest BCUT2D eigenvalue weighted by Crippen LogP contribution is -2.39. The van der Waals surface area contributed by atoms with Crippen molar-refractivity contribution < 1.29 is 9.72 Å². The molecule has 1 aliphatic heterocycles. The van der Waals surface area contributed by atoms with Crippen molar-refractivity contribution in [1.29, 1.82) is 0 Å². The monoisotopic (exact) mass is 328 g/mol. The zero-order chi connectivity index (χ0) is 17.3. The largest absolute Gasteiger partial charge is 0.354 e. The number of hydrogen-bond acceptors (Lipinski definition) is 5. The number of non-ortho nitro benzene ring substituents is 1. The van der Waals surface area contributed by atoms with Crippen LogP contribution < -0.4 is 10.2 Å². The van der Waals surface area contributed by atoms with Gasteiger partial charge in [-0.1, -0.05) is 13.8 Å². The molecule has 1 aromatic carbocycles. The van der Waals surface area contributed by atoms with Crippen LogP contribution in [0.2, 0.25) is 0 Å². The van der Waals surface area contributed by atoms with Crippen molar-refractivity contribution in [3.63, 3.8) is 0 Å². The third-order valence-corrected chi connectivity index (χ3v) is 4.25. The number of nitrogens with zero attached hydrogens (tertiary/aromatic N) is 3. The number of fused-ring (bicyclic) bond motifs is 1. The van der Waals surface area contributed by atoms with E-state index in [1.807, 2.05) is 26.0 Å². The molecule has 24 heavy (non-hydrogen) atoms. The fourth-order valence-corrected chi connectivity index (χ4v) is 2.85. The molecule has 0 bridgehead atoms. The molecule has 2 aromatic rings. The van der Waals surface area contributed by atoms with E-state index in [4.69, 9.17) is 0 Å². The molecule has 7 nitrogen and oxygen atoms in total. The standard InChI is InChI=1S/C17H20N4O3/c1-11(2)17(22)18-13-7-8-20(10-13)16-6-3-12-9-14(21(23)24)4-5-15(12)19-16/h3-6,9,11,13H,7-8,10H2,1-2H3,(H,18,22). The second kappa shape index (κ2) is 6.43. The van der Waals surface area contributed by atoms with E-state index in [2.05, 4.69) is 15.2 Å². The van der Waals surface area contributed by atoms with Crippen LogP contribution in [0.5, 0.6) is 0 Å². The van der Waals surface area contributed by atoms with Crippen LogP contribution in [-0.4, -0.2) is 34.9 Å². The number of nitrogens with one attached hydrogen (secondary N) is 1. The highest BCUT2D eigenvalue weighted by Gasteiger charge is 2.25. The molecule has 1 atom stereocenters. The lowest BCUT2D eigenvalue weighted by atomic mass is 10.2. The maximum atomic E-state index is 11.8. The van der Waals surface area contributed by atoms with E-state index in [0.29, 0.717) is 0 Å². The Bertz CT molecular complexity index is 790. The lowest BCUT2D eigenvalue weighted by Gasteiger charge is -2.19. The number of anilines is 1. The number of carbonyl (C=O) groups excluding carboxylic acids is 1. The van der Waals surface area contributed by atoms with E-state index in [1.165, 1.54) is 12.1 Å². The van der Waals surface area contributed by atoms with Gasteiger partial charge in [0.1, 0.15) is 5.82 Å². The number of nitro groups is 1. The normalized spacial score (nSPS) is 17.5. The maximum absolute atomic E-state index is 11.8. The number of nitro benzene ring substituents is 1. The number of hydrogen-bond donors (Lipinski definition) is 1. The molecule has 7 heteroatoms. The van der Waals surface area contributed by atoms with Gasteiger partial charge < -0.3 is 10.2 Å². The summed E-state index contributed by atoms with van der Waals surface area (Å²) in [6.45, 7) is 5.32. The van der Waals surface area contributed by atoms with Gasteiger partial charge in [-0.3, -0.25) is 14.9 Å². The quantitative estimate of drug-likeness (QED) is 0.688. The second-order valence-corrected chi connectivity index (χ2v) is 6.40. The van der Waals surface area contributed by atoms with E-state index in [-0.39, 0.29) is 23.6 Å². The van der Waals surface area contributed by atoms with E-state index < -0.39 is 4.92 Å². The Morgan fingerprint density at radius 2 is 2.17 bits per heavy atom. The summed E-state index contributed by atoms with van der Waals surface area (Å²) in [5.41, 5.74) is 0.794. The molecular formula is C17H20N4O3. The van der Waals surface area contributed by atoms with Gasteiger partial charge in [0.25, 0.3) is 5.69 Å². The van der Waals surface area contributed by atoms with Crippen LogP contribution in [0, 0.1) is 16.0 Å². The summed E-state index contributed by atoms with van der Waals surface area (Å²) in [4.78, 5) is 29.0. The molecule has 3 rings (SSSR count). The van der Waals surface area contributed by atoms with E-state index >= 15 is 0 Å². The van der Waals surface area contributed by atoms with Gasteiger partial charge in [0.05, 0.1) is 10.4 Å². The Balaban J connectivity index is 1.75. The summed E-state index contributed by atoms with van der Waals surface area (Å²) in [6, 6.07) is 8.53. The molecule has 1 saturated heterocycles. The zero-order valence-corrected chi connectivity index (χ0v) is 13.7. The van der Waals surface area contributed by atoms with Crippen LogP contribution >= 0.6 is 0 Å². The summed E-state index contributed by atoms with van der Waals surface area (Å²) < 4.78 is 0. The molecule has 1 aliphatic rings. The molecule has 2 heterocycles. The predicted molar refractivity (Wildman–Crippen MR) is 92.0 cm³/mol. The Kier molecular flexibility index (Phi) is 4.33. The van der Waals surface area contributed by atoms with Gasteiger partial charge in [-0.05, 0) is 24.6 Å². The third kappa shape index (κ3) is 3.29. The minimum Gasteiger partial charge on any atom is -0.354 e. The number of amides is 1. The Hall–Kier alpha value is -2.70. The smallest absolute Gasteiger partial charge is 0.270 e. The number of rotatable bonds is 4. The van der Waals surface area contributed by atoms with Crippen molar-refractivity contribution in [2.45, 2.75) is 26.3 Å². The first-order chi connectivity index (χ1) is 11.4. The minimum absolute atomic E-state index is 0.0198. The summed E-state index contributed by atoms with van der Waals surface area (Å²) in [6.07, 6.45) is 0.887. The molecule has 1 unspecified atom stereocenters. The van der Waals surface area contributed by atoms with Crippen molar-refractivity contribution in [3.05, 3.63) is 40.4 Å². The van der Waals surface area contributed by atoms with Gasteiger partial charge in [0, 0.05) is 42.6 Å². The topological polar surface area (TPSA) is 88.4 Å². The molecule has 0 radical (unpaired) electrons. The fourth-order valence-electron chi connectivity index (χ4n) is 2.85. The first-order valence-corrected chi connectivity index (χ1v) is 8.04. The maximum Gasteiger partial charge on any atom is 0.270 e. The molecule has 1 aromatic heterocycles. The fraction of sp³-hybridized carbons (Fsp3) is 0.412. The predicted octanol–water partition coefficient (Wildman–Crippen LogP) is 2.49. The van der Waals surface area contributed by atoms with Crippen LogP contribution in [-0.2, 0) is 4.79 Å². The van der Waals surface area contributed by atoms with Gasteiger partial charge in [0.15, 0.2) is 0 Å². The van der Waals surface area contributed by atoms with Crippen molar-refractivity contribution in [2.75, 3.05) is 18.0 Å². The number of pyridine rings is 1. The summed E-state index contributed by atoms with van der Waals surface area (Å²) >= 11 is 0. The minimum atomic E-state index is -0.407. The second-order valence-electron chi connectivity index (χ2n) is 6.40. The first kappa shape index (κ1) is 16.2. The highest BCUT2D eigenvalue weighted by molar-refractivity contribution is 5.82. The molecule has 0 spiro atoms. The van der Waals surface area contributed by atoms with Crippen molar-refractivity contribution in [1.82, 2.24) is 10.3 Å². The number of benzene rings is 1. The van der Waals surface area contributed by atoms with Gasteiger partial charge >= 0.3 is 0 Å². The molecular weight excluding hydrogens is 308 g/mol. The van der Waals surface area contributed by atoms with Gasteiger partial charge in [-0.25, -0.2) is 4.98 Å². The molecule has 1 N–H and O–H groups in total. The SMILES string of the molecule is CC(C)C(=O)NC1CCN(c2ccc3cc([N+](=O)[O-])ccc3n2)C1. The highest BCUT2D eigenvalue weighted by Crippen LogP contribution is 2.24. The average molecular weight is 328 g/mol. The summed E-state index contributed by atoms with van der Waals surface area (Å²) in [7, 11) is 0. The Morgan fingerprint density at radius 1 is 1.38 bits per heavy atom. The third-order valence-electron chi connectivity index (χ3n) is 4.25. The highest BCUT2D eigenvalue weighted by atomic mass is 16.6. The molecule has 0 aliphatic carbocycles. The average Bonchev–Trinajstić information content (AvgIpc) is 3.02. The van der Waals surface area contributed by atoms with Crippen LogP contribution in [0.1, 0.15) is 20.3 Å². The van der Waals surface area contributed by atoms with Crippen LogP contribution in [0.3, 0.4) is 0 Å². The summed E-state index contributed by atoms with van der Waals surface area (Å²) in [5.74, 6) is 0.881. The van der Waals surface area contributed by atoms with E-state index in [9.17, 15) is 14.9 Å². The Morgan fingerprint density at radius 3 is 2.88 bits per heavy atom. The zero-order valence-electron chi connectivity index (χ0n) is 13.7. The first-order valence-electron chi connectivity index (χ1n) is 8.04. The van der Waals surface area contributed by atoms with Crippen LogP contribution in [0.15, 0.2) is 30.3 Å². The number of aromatic nitrogens is 1. The van der Waals surface area contributed by atoms with Gasteiger partial charge in [0.2, 0.25) is 5.91 Å². The number of carbonyl (C=O) groups is 1. The van der Waals surface area contributed by atoms with Crippen LogP contribution in [0.25, 0.3) is 10.9 Å². The van der Waals surface area contributed by atoms with Gasteiger partial charge in [-0.2, -0.15) is 0 Å². The van der Waals surface area contributed by atoms with Crippen LogP contribution in [0.4, 0.5) is 11.5 Å². The molecule has 1 amide bonds. The molecule has 1 fully saturated rings. The van der Waals surface area contributed by atoms with E-state index in [1.54, 1.807) is 6.07 Å². The molecule has 126 valence electrons. The Labute approximate surface area is 139 Å².